The lowest BCUT2D eigenvalue weighted by Crippen LogP contribution is -2.55. The number of nitrogens with two attached hydrogens (primary N) is 3. The third kappa shape index (κ3) is 10.8. The van der Waals surface area contributed by atoms with E-state index >= 15 is 0 Å². The number of rotatable bonds is 14. The maximum atomic E-state index is 12.8. The number of hydrogen-bond donors (Lipinski definition) is 9. The van der Waals surface area contributed by atoms with E-state index in [0.717, 1.165) is 0 Å². The summed E-state index contributed by atoms with van der Waals surface area (Å²) in [6.45, 7) is 0.249. The minimum absolute atomic E-state index is 0.0139. The van der Waals surface area contributed by atoms with Gasteiger partial charge in [-0.05, 0) is 37.0 Å². The first kappa shape index (κ1) is 27.2. The van der Waals surface area contributed by atoms with Crippen molar-refractivity contribution in [2.75, 3.05) is 6.54 Å². The van der Waals surface area contributed by atoms with Crippen molar-refractivity contribution >= 4 is 29.7 Å². The molecule has 0 aliphatic rings. The zero-order valence-corrected chi connectivity index (χ0v) is 18.0. The minimum atomic E-state index is -1.29. The predicted molar refractivity (Wildman–Crippen MR) is 119 cm³/mol. The van der Waals surface area contributed by atoms with Gasteiger partial charge in [0.05, 0.1) is 6.04 Å². The SMILES string of the molecule is N=C(N)NCCC[C@H](NC(=O)[C@@H](N)CCC(N)=O)C(=O)N[C@@H](Cc1ccc(O)cc1)C(=O)O. The van der Waals surface area contributed by atoms with Gasteiger partial charge in [-0.15, -0.1) is 0 Å². The van der Waals surface area contributed by atoms with Crippen LogP contribution in [0, 0.1) is 5.41 Å². The molecule has 182 valence electrons. The molecule has 12 N–H and O–H groups in total. The predicted octanol–water partition coefficient (Wildman–Crippen LogP) is -2.16. The van der Waals surface area contributed by atoms with Gasteiger partial charge < -0.3 is 43.4 Å². The zero-order chi connectivity index (χ0) is 25.0. The highest BCUT2D eigenvalue weighted by molar-refractivity contribution is 5.92. The van der Waals surface area contributed by atoms with Crippen molar-refractivity contribution < 1.29 is 29.4 Å². The molecule has 0 aliphatic carbocycles. The molecular weight excluding hydrogens is 434 g/mol. The van der Waals surface area contributed by atoms with E-state index in [1.807, 2.05) is 0 Å². The smallest absolute Gasteiger partial charge is 0.326 e. The van der Waals surface area contributed by atoms with Gasteiger partial charge in [0.1, 0.15) is 17.8 Å². The highest BCUT2D eigenvalue weighted by Crippen LogP contribution is 2.12. The minimum Gasteiger partial charge on any atom is -0.508 e. The van der Waals surface area contributed by atoms with Crippen molar-refractivity contribution in [3.8, 4) is 5.75 Å². The summed E-state index contributed by atoms with van der Waals surface area (Å²) in [5.74, 6) is -3.57. The van der Waals surface area contributed by atoms with Crippen molar-refractivity contribution in [3.05, 3.63) is 29.8 Å². The largest absolute Gasteiger partial charge is 0.508 e. The van der Waals surface area contributed by atoms with E-state index in [0.29, 0.717) is 12.0 Å². The highest BCUT2D eigenvalue weighted by Gasteiger charge is 2.28. The first-order chi connectivity index (χ1) is 15.5. The fourth-order valence-corrected chi connectivity index (χ4v) is 2.85. The summed E-state index contributed by atoms with van der Waals surface area (Å²) in [5, 5.41) is 33.5. The molecule has 0 radical (unpaired) electrons. The van der Waals surface area contributed by atoms with E-state index in [4.69, 9.17) is 22.6 Å². The summed E-state index contributed by atoms with van der Waals surface area (Å²) in [4.78, 5) is 47.8. The number of carboxylic acid groups (broad SMARTS) is 1. The lowest BCUT2D eigenvalue weighted by molar-refractivity contribution is -0.142. The van der Waals surface area contributed by atoms with Crippen LogP contribution in [-0.2, 0) is 25.6 Å². The van der Waals surface area contributed by atoms with E-state index < -0.39 is 41.8 Å². The summed E-state index contributed by atoms with van der Waals surface area (Å²) < 4.78 is 0. The first-order valence-corrected chi connectivity index (χ1v) is 10.2. The molecule has 3 amide bonds. The van der Waals surface area contributed by atoms with Crippen molar-refractivity contribution in [1.29, 1.82) is 5.41 Å². The average Bonchev–Trinajstić information content (AvgIpc) is 2.74. The molecule has 0 saturated carbocycles. The van der Waals surface area contributed by atoms with E-state index in [9.17, 15) is 29.4 Å². The van der Waals surface area contributed by atoms with Gasteiger partial charge in [-0.2, -0.15) is 0 Å². The van der Waals surface area contributed by atoms with Crippen LogP contribution in [0.5, 0.6) is 5.75 Å². The van der Waals surface area contributed by atoms with Crippen molar-refractivity contribution in [3.63, 3.8) is 0 Å². The standard InChI is InChI=1S/C20H31N7O6/c21-13(7-8-16(22)29)17(30)26-14(2-1-9-25-20(23)24)18(31)27-15(19(32)33)10-11-3-5-12(28)6-4-11/h3-6,13-15,28H,1-2,7-10,21H2,(H2,22,29)(H,26,30)(H,27,31)(H,32,33)(H4,23,24,25)/t13-,14-,15-/m0/s1. The molecular formula is C20H31N7O6. The number of carbonyl (C=O) groups excluding carboxylic acids is 3. The van der Waals surface area contributed by atoms with Gasteiger partial charge in [-0.1, -0.05) is 12.1 Å². The van der Waals surface area contributed by atoms with Crippen LogP contribution < -0.4 is 33.2 Å². The second-order valence-electron chi connectivity index (χ2n) is 7.43. The Morgan fingerprint density at radius 1 is 0.970 bits per heavy atom. The van der Waals surface area contributed by atoms with Gasteiger partial charge in [-0.3, -0.25) is 19.8 Å². The molecule has 0 bridgehead atoms. The van der Waals surface area contributed by atoms with E-state index in [1.54, 1.807) is 0 Å². The number of carbonyl (C=O) groups is 4. The van der Waals surface area contributed by atoms with E-state index in [-0.39, 0.29) is 43.9 Å². The molecule has 0 saturated heterocycles. The first-order valence-electron chi connectivity index (χ1n) is 10.2. The van der Waals surface area contributed by atoms with Gasteiger partial charge in [0.2, 0.25) is 17.7 Å². The highest BCUT2D eigenvalue weighted by atomic mass is 16.4. The van der Waals surface area contributed by atoms with Gasteiger partial charge in [-0.25, -0.2) is 4.79 Å². The number of phenolic OH excluding ortho intramolecular Hbond substituents is 1. The van der Waals surface area contributed by atoms with Crippen molar-refractivity contribution in [2.45, 2.75) is 50.2 Å². The van der Waals surface area contributed by atoms with Gasteiger partial charge in [0, 0.05) is 19.4 Å². The van der Waals surface area contributed by atoms with Crippen LogP contribution in [-0.4, -0.2) is 64.5 Å². The number of primary amides is 1. The van der Waals surface area contributed by atoms with Crippen LogP contribution in [0.25, 0.3) is 0 Å². The number of amides is 3. The average molecular weight is 466 g/mol. The van der Waals surface area contributed by atoms with Gasteiger partial charge in [0.15, 0.2) is 5.96 Å². The summed E-state index contributed by atoms with van der Waals surface area (Å²) in [7, 11) is 0. The maximum Gasteiger partial charge on any atom is 0.326 e. The number of guanidine groups is 1. The molecule has 0 heterocycles. The molecule has 0 aliphatic heterocycles. The van der Waals surface area contributed by atoms with Crippen LogP contribution in [0.1, 0.15) is 31.2 Å². The Bertz CT molecular complexity index is 846. The molecule has 0 fully saturated rings. The summed E-state index contributed by atoms with van der Waals surface area (Å²) in [5.41, 5.74) is 16.6. The van der Waals surface area contributed by atoms with Crippen LogP contribution in [0.15, 0.2) is 24.3 Å². The van der Waals surface area contributed by atoms with Crippen molar-refractivity contribution in [2.24, 2.45) is 17.2 Å². The Labute approximate surface area is 190 Å². The van der Waals surface area contributed by atoms with Crippen LogP contribution >= 0.6 is 0 Å². The van der Waals surface area contributed by atoms with Crippen molar-refractivity contribution in [1.82, 2.24) is 16.0 Å². The second-order valence-corrected chi connectivity index (χ2v) is 7.43. The number of nitrogens with one attached hydrogen (secondary N) is 4. The Balaban J connectivity index is 2.86. The molecule has 13 heteroatoms. The second kappa shape index (κ2) is 13.5. The monoisotopic (exact) mass is 465 g/mol. The number of aliphatic carboxylic acids is 1. The fraction of sp³-hybridized carbons (Fsp3) is 0.450. The summed E-state index contributed by atoms with van der Waals surface area (Å²) >= 11 is 0. The molecule has 0 aromatic heterocycles. The summed E-state index contributed by atoms with van der Waals surface area (Å²) in [6, 6.07) is 2.36. The molecule has 33 heavy (non-hydrogen) atoms. The number of carboxylic acids is 1. The molecule has 1 aromatic carbocycles. The normalized spacial score (nSPS) is 13.2. The molecule has 1 rings (SSSR count). The fourth-order valence-electron chi connectivity index (χ4n) is 2.85. The van der Waals surface area contributed by atoms with E-state index in [2.05, 4.69) is 16.0 Å². The lowest BCUT2D eigenvalue weighted by atomic mass is 10.0. The third-order valence-corrected chi connectivity index (χ3v) is 4.65. The quantitative estimate of drug-likeness (QED) is 0.0823. The van der Waals surface area contributed by atoms with Crippen LogP contribution in [0.3, 0.4) is 0 Å². The van der Waals surface area contributed by atoms with Crippen LogP contribution in [0.4, 0.5) is 0 Å². The molecule has 1 aromatic rings. The number of benzene rings is 1. The maximum absolute atomic E-state index is 12.8. The number of phenols is 1. The lowest BCUT2D eigenvalue weighted by Gasteiger charge is -2.23. The Hall–Kier alpha value is -3.87. The number of aromatic hydroxyl groups is 1. The van der Waals surface area contributed by atoms with E-state index in [1.165, 1.54) is 24.3 Å². The Kier molecular flexibility index (Phi) is 11.1. The Morgan fingerprint density at radius 3 is 2.12 bits per heavy atom. The van der Waals surface area contributed by atoms with Gasteiger partial charge >= 0.3 is 5.97 Å². The molecule has 13 nitrogen and oxygen atoms in total. The van der Waals surface area contributed by atoms with Gasteiger partial charge in [0.25, 0.3) is 0 Å². The number of hydrogen-bond acceptors (Lipinski definition) is 7. The third-order valence-electron chi connectivity index (χ3n) is 4.65. The molecule has 0 spiro atoms. The Morgan fingerprint density at radius 2 is 1.58 bits per heavy atom. The topological polar surface area (TPSA) is 247 Å². The zero-order valence-electron chi connectivity index (χ0n) is 18.0. The molecule has 3 atom stereocenters. The molecule has 0 unspecified atom stereocenters. The van der Waals surface area contributed by atoms with Crippen LogP contribution in [0.2, 0.25) is 0 Å². The summed E-state index contributed by atoms with van der Waals surface area (Å²) in [6.07, 6.45) is 0.254.